The van der Waals surface area contributed by atoms with Crippen molar-refractivity contribution in [2.24, 2.45) is 0 Å². The first kappa shape index (κ1) is 20.9. The van der Waals surface area contributed by atoms with Crippen LogP contribution in [0.4, 0.5) is 17.1 Å². The molecule has 0 aliphatic rings. The predicted octanol–water partition coefficient (Wildman–Crippen LogP) is 4.70. The second kappa shape index (κ2) is 10.1. The molecule has 6 heteroatoms. The van der Waals surface area contributed by atoms with Gasteiger partial charge >= 0.3 is 0 Å². The molecule has 6 nitrogen and oxygen atoms in total. The van der Waals surface area contributed by atoms with Crippen LogP contribution in [-0.2, 0) is 4.79 Å². The normalized spacial score (nSPS) is 10.2. The van der Waals surface area contributed by atoms with Crippen molar-refractivity contribution in [2.75, 3.05) is 29.1 Å². The van der Waals surface area contributed by atoms with Crippen molar-refractivity contribution < 1.29 is 14.3 Å². The second-order valence-corrected chi connectivity index (χ2v) is 6.76. The maximum atomic E-state index is 12.4. The van der Waals surface area contributed by atoms with Crippen molar-refractivity contribution in [1.82, 2.24) is 0 Å². The molecule has 2 amide bonds. The van der Waals surface area contributed by atoms with Gasteiger partial charge in [-0.3, -0.25) is 9.59 Å². The maximum Gasteiger partial charge on any atom is 0.255 e. The Hall–Kier alpha value is -3.80. The van der Waals surface area contributed by atoms with Crippen LogP contribution in [0.2, 0.25) is 0 Å². The Balaban J connectivity index is 1.50. The van der Waals surface area contributed by atoms with E-state index in [2.05, 4.69) is 16.0 Å². The van der Waals surface area contributed by atoms with E-state index < -0.39 is 0 Å². The van der Waals surface area contributed by atoms with Crippen LogP contribution < -0.4 is 20.7 Å². The van der Waals surface area contributed by atoms with E-state index in [4.69, 9.17) is 4.74 Å². The highest BCUT2D eigenvalue weighted by Gasteiger charge is 2.07. The van der Waals surface area contributed by atoms with E-state index in [0.29, 0.717) is 17.9 Å². The average molecular weight is 403 g/mol. The molecule has 3 N–H and O–H groups in total. The van der Waals surface area contributed by atoms with E-state index in [1.807, 2.05) is 50.2 Å². The number of benzene rings is 3. The molecule has 3 aromatic rings. The van der Waals surface area contributed by atoms with E-state index >= 15 is 0 Å². The van der Waals surface area contributed by atoms with Crippen LogP contribution >= 0.6 is 0 Å². The molecule has 0 aliphatic heterocycles. The smallest absolute Gasteiger partial charge is 0.255 e. The molecule has 0 spiro atoms. The lowest BCUT2D eigenvalue weighted by Gasteiger charge is -2.10. The standard InChI is InChI=1S/C24H25N3O3/c1-3-30-22-13-11-20(12-14-22)27-24(29)18-7-9-19(10-8-18)25-16-23(28)26-21-6-4-5-17(2)15-21/h4-15,25H,3,16H2,1-2H3,(H,26,28)(H,27,29). The van der Waals surface area contributed by atoms with Crippen LogP contribution in [-0.4, -0.2) is 25.0 Å². The monoisotopic (exact) mass is 403 g/mol. The molecule has 0 saturated carbocycles. The summed E-state index contributed by atoms with van der Waals surface area (Å²) < 4.78 is 5.39. The molecule has 3 aromatic carbocycles. The molecule has 0 heterocycles. The molecule has 30 heavy (non-hydrogen) atoms. The molecule has 0 unspecified atom stereocenters. The average Bonchev–Trinajstić information content (AvgIpc) is 2.74. The number of hydrogen-bond donors (Lipinski definition) is 3. The van der Waals surface area contributed by atoms with Crippen LogP contribution in [0.1, 0.15) is 22.8 Å². The lowest BCUT2D eigenvalue weighted by atomic mass is 10.2. The van der Waals surface area contributed by atoms with Gasteiger partial charge in [0.25, 0.3) is 5.91 Å². The Morgan fingerprint density at radius 1 is 0.833 bits per heavy atom. The quantitative estimate of drug-likeness (QED) is 0.509. The van der Waals surface area contributed by atoms with Crippen molar-refractivity contribution in [3.05, 3.63) is 83.9 Å². The summed E-state index contributed by atoms with van der Waals surface area (Å²) in [6.45, 7) is 4.62. The highest BCUT2D eigenvalue weighted by atomic mass is 16.5. The summed E-state index contributed by atoms with van der Waals surface area (Å²) >= 11 is 0. The van der Waals surface area contributed by atoms with Gasteiger partial charge in [0.05, 0.1) is 13.2 Å². The number of hydrogen-bond acceptors (Lipinski definition) is 4. The number of nitrogens with one attached hydrogen (secondary N) is 3. The lowest BCUT2D eigenvalue weighted by molar-refractivity contribution is -0.114. The lowest BCUT2D eigenvalue weighted by Crippen LogP contribution is -2.21. The SMILES string of the molecule is CCOc1ccc(NC(=O)c2ccc(NCC(=O)Nc3cccc(C)c3)cc2)cc1. The zero-order valence-corrected chi connectivity index (χ0v) is 17.1. The van der Waals surface area contributed by atoms with E-state index in [0.717, 1.165) is 22.7 Å². The molecule has 154 valence electrons. The molecule has 0 atom stereocenters. The molecule has 0 fully saturated rings. The molecule has 0 bridgehead atoms. The summed E-state index contributed by atoms with van der Waals surface area (Å²) in [7, 11) is 0. The second-order valence-electron chi connectivity index (χ2n) is 6.76. The number of ether oxygens (including phenoxy) is 1. The fourth-order valence-corrected chi connectivity index (χ4v) is 2.85. The summed E-state index contributed by atoms with van der Waals surface area (Å²) in [6.07, 6.45) is 0. The van der Waals surface area contributed by atoms with Gasteiger partial charge in [-0.2, -0.15) is 0 Å². The van der Waals surface area contributed by atoms with Gasteiger partial charge in [0.15, 0.2) is 0 Å². The van der Waals surface area contributed by atoms with Gasteiger partial charge in [0.1, 0.15) is 5.75 Å². The maximum absolute atomic E-state index is 12.4. The number of carbonyl (C=O) groups excluding carboxylic acids is 2. The van der Waals surface area contributed by atoms with Gasteiger partial charge in [-0.1, -0.05) is 12.1 Å². The third-order valence-electron chi connectivity index (χ3n) is 4.33. The number of aryl methyl sites for hydroxylation is 1. The third kappa shape index (κ3) is 6.10. The van der Waals surface area contributed by atoms with Gasteiger partial charge in [-0.15, -0.1) is 0 Å². The van der Waals surface area contributed by atoms with Crippen LogP contribution in [0.3, 0.4) is 0 Å². The molecule has 0 aliphatic carbocycles. The van der Waals surface area contributed by atoms with Crippen molar-refractivity contribution in [3.8, 4) is 5.75 Å². The first-order chi connectivity index (χ1) is 14.5. The minimum atomic E-state index is -0.206. The van der Waals surface area contributed by atoms with Gasteiger partial charge in [-0.05, 0) is 80.1 Å². The highest BCUT2D eigenvalue weighted by molar-refractivity contribution is 6.04. The van der Waals surface area contributed by atoms with Crippen molar-refractivity contribution >= 4 is 28.9 Å². The number of carbonyl (C=O) groups is 2. The van der Waals surface area contributed by atoms with Crippen LogP contribution in [0.25, 0.3) is 0 Å². The Bertz CT molecular complexity index is 999. The van der Waals surface area contributed by atoms with Gasteiger partial charge in [-0.25, -0.2) is 0 Å². The Labute approximate surface area is 176 Å². The predicted molar refractivity (Wildman–Crippen MR) is 120 cm³/mol. The summed E-state index contributed by atoms with van der Waals surface area (Å²) in [5, 5.41) is 8.75. The van der Waals surface area contributed by atoms with Gasteiger partial charge in [0, 0.05) is 22.6 Å². The van der Waals surface area contributed by atoms with Crippen LogP contribution in [0, 0.1) is 6.92 Å². The van der Waals surface area contributed by atoms with Crippen LogP contribution in [0.15, 0.2) is 72.8 Å². The molecular formula is C24H25N3O3. The fraction of sp³-hybridized carbons (Fsp3) is 0.167. The van der Waals surface area contributed by atoms with Crippen molar-refractivity contribution in [2.45, 2.75) is 13.8 Å². The summed E-state index contributed by atoms with van der Waals surface area (Å²) in [4.78, 5) is 24.5. The number of amides is 2. The fourth-order valence-electron chi connectivity index (χ4n) is 2.85. The minimum absolute atomic E-state index is 0.131. The van der Waals surface area contributed by atoms with E-state index in [1.165, 1.54) is 0 Å². The first-order valence-electron chi connectivity index (χ1n) is 9.78. The summed E-state index contributed by atoms with van der Waals surface area (Å²) in [5.74, 6) is 0.415. The first-order valence-corrected chi connectivity index (χ1v) is 9.78. The Kier molecular flexibility index (Phi) is 7.05. The summed E-state index contributed by atoms with van der Waals surface area (Å²) in [5.41, 5.74) is 3.83. The van der Waals surface area contributed by atoms with Gasteiger partial charge < -0.3 is 20.7 Å². The number of rotatable bonds is 8. The number of anilines is 3. The Morgan fingerprint density at radius 2 is 1.53 bits per heavy atom. The van der Waals surface area contributed by atoms with Crippen LogP contribution in [0.5, 0.6) is 5.75 Å². The molecule has 0 radical (unpaired) electrons. The summed E-state index contributed by atoms with van der Waals surface area (Å²) in [6, 6.07) is 21.8. The van der Waals surface area contributed by atoms with Crippen molar-refractivity contribution in [1.29, 1.82) is 0 Å². The largest absolute Gasteiger partial charge is 0.494 e. The molecule has 0 aromatic heterocycles. The van der Waals surface area contributed by atoms with Crippen molar-refractivity contribution in [3.63, 3.8) is 0 Å². The topological polar surface area (TPSA) is 79.5 Å². The minimum Gasteiger partial charge on any atom is -0.494 e. The Morgan fingerprint density at radius 3 is 2.20 bits per heavy atom. The zero-order valence-electron chi connectivity index (χ0n) is 17.1. The highest BCUT2D eigenvalue weighted by Crippen LogP contribution is 2.17. The van der Waals surface area contributed by atoms with E-state index in [9.17, 15) is 9.59 Å². The van der Waals surface area contributed by atoms with E-state index in [1.54, 1.807) is 36.4 Å². The molecular weight excluding hydrogens is 378 g/mol. The zero-order chi connectivity index (χ0) is 21.3. The molecule has 3 rings (SSSR count). The molecule has 0 saturated heterocycles. The van der Waals surface area contributed by atoms with Gasteiger partial charge in [0.2, 0.25) is 5.91 Å². The third-order valence-corrected chi connectivity index (χ3v) is 4.33. The van der Waals surface area contributed by atoms with E-state index in [-0.39, 0.29) is 18.4 Å².